The lowest BCUT2D eigenvalue weighted by Gasteiger charge is -2.24. The highest BCUT2D eigenvalue weighted by atomic mass is 16.5. The third-order valence-electron chi connectivity index (χ3n) is 5.06. The van der Waals surface area contributed by atoms with Gasteiger partial charge in [-0.2, -0.15) is 0 Å². The molecule has 1 aromatic carbocycles. The highest BCUT2D eigenvalue weighted by Gasteiger charge is 2.15. The average molecular weight is 287 g/mol. The molecular weight excluding hydrogens is 258 g/mol. The molecule has 116 valence electrons. The number of benzene rings is 1. The molecule has 0 saturated carbocycles. The van der Waals surface area contributed by atoms with Crippen LogP contribution in [0.2, 0.25) is 0 Å². The lowest BCUT2D eigenvalue weighted by atomic mass is 9.89. The summed E-state index contributed by atoms with van der Waals surface area (Å²) >= 11 is 0. The van der Waals surface area contributed by atoms with Gasteiger partial charge in [0.15, 0.2) is 0 Å². The van der Waals surface area contributed by atoms with Crippen molar-refractivity contribution in [3.8, 4) is 0 Å². The van der Waals surface area contributed by atoms with Crippen LogP contribution in [0.1, 0.15) is 68.2 Å². The maximum absolute atomic E-state index is 5.80. The normalized spacial score (nSPS) is 23.6. The van der Waals surface area contributed by atoms with Crippen LogP contribution in [0.25, 0.3) is 0 Å². The lowest BCUT2D eigenvalue weighted by Crippen LogP contribution is -2.27. The summed E-state index contributed by atoms with van der Waals surface area (Å²) in [5, 5.41) is 3.67. The maximum atomic E-state index is 5.80. The van der Waals surface area contributed by atoms with Crippen LogP contribution in [0.15, 0.2) is 18.2 Å². The van der Waals surface area contributed by atoms with Crippen LogP contribution in [0.5, 0.6) is 0 Å². The van der Waals surface area contributed by atoms with Gasteiger partial charge < -0.3 is 10.1 Å². The number of hydrogen-bond acceptors (Lipinski definition) is 2. The molecule has 2 nitrogen and oxygen atoms in total. The van der Waals surface area contributed by atoms with E-state index in [1.807, 2.05) is 0 Å². The fourth-order valence-electron chi connectivity index (χ4n) is 3.64. The van der Waals surface area contributed by atoms with Gasteiger partial charge in [-0.1, -0.05) is 18.2 Å². The van der Waals surface area contributed by atoms with E-state index in [1.54, 1.807) is 11.1 Å². The quantitative estimate of drug-likeness (QED) is 0.877. The third-order valence-corrected chi connectivity index (χ3v) is 5.06. The maximum Gasteiger partial charge on any atom is 0.0587 e. The summed E-state index contributed by atoms with van der Waals surface area (Å²) in [4.78, 5) is 0. The van der Waals surface area contributed by atoms with Gasteiger partial charge in [0, 0.05) is 12.6 Å². The van der Waals surface area contributed by atoms with E-state index in [-0.39, 0.29) is 0 Å². The second-order valence-corrected chi connectivity index (χ2v) is 6.69. The van der Waals surface area contributed by atoms with Gasteiger partial charge in [0.05, 0.1) is 6.10 Å². The first kappa shape index (κ1) is 15.1. The zero-order chi connectivity index (χ0) is 14.5. The molecule has 0 aromatic heterocycles. The molecule has 1 N–H and O–H groups in total. The van der Waals surface area contributed by atoms with Crippen molar-refractivity contribution >= 4 is 0 Å². The van der Waals surface area contributed by atoms with Gasteiger partial charge >= 0.3 is 0 Å². The van der Waals surface area contributed by atoms with Crippen LogP contribution < -0.4 is 5.32 Å². The summed E-state index contributed by atoms with van der Waals surface area (Å²) in [7, 11) is 0. The van der Waals surface area contributed by atoms with E-state index in [0.29, 0.717) is 12.1 Å². The topological polar surface area (TPSA) is 21.3 Å². The molecule has 21 heavy (non-hydrogen) atoms. The van der Waals surface area contributed by atoms with Crippen LogP contribution in [0.4, 0.5) is 0 Å². The number of rotatable bonds is 5. The number of hydrogen-bond donors (Lipinski definition) is 1. The van der Waals surface area contributed by atoms with Gasteiger partial charge in [0.25, 0.3) is 0 Å². The Balaban J connectivity index is 1.49. The van der Waals surface area contributed by atoms with E-state index in [4.69, 9.17) is 4.74 Å². The molecule has 2 aliphatic rings. The predicted molar refractivity (Wildman–Crippen MR) is 87.7 cm³/mol. The van der Waals surface area contributed by atoms with Gasteiger partial charge in [-0.25, -0.2) is 0 Å². The molecule has 1 aliphatic carbocycles. The van der Waals surface area contributed by atoms with Crippen molar-refractivity contribution in [2.45, 2.75) is 70.4 Å². The molecule has 2 unspecified atom stereocenters. The van der Waals surface area contributed by atoms with Crippen molar-refractivity contribution in [1.82, 2.24) is 5.32 Å². The predicted octanol–water partition coefficient (Wildman–Crippen LogP) is 4.18. The lowest BCUT2D eigenvalue weighted by molar-refractivity contribution is 0.0112. The van der Waals surface area contributed by atoms with E-state index in [9.17, 15) is 0 Å². The molecular formula is C19H29NO. The van der Waals surface area contributed by atoms with Crippen LogP contribution in [0, 0.1) is 0 Å². The third kappa shape index (κ3) is 4.08. The Kier molecular flexibility index (Phi) is 5.32. The SMILES string of the molecule is CC(NCCC1CCCCO1)c1ccc2c(c1)CCCC2. The first-order valence-electron chi connectivity index (χ1n) is 8.79. The molecule has 0 radical (unpaired) electrons. The second kappa shape index (κ2) is 7.42. The molecule has 0 amide bonds. The molecule has 2 atom stereocenters. The molecule has 0 bridgehead atoms. The Hall–Kier alpha value is -0.860. The summed E-state index contributed by atoms with van der Waals surface area (Å²) in [5.41, 5.74) is 4.61. The van der Waals surface area contributed by atoms with Crippen molar-refractivity contribution in [3.63, 3.8) is 0 Å². The molecule has 1 aliphatic heterocycles. The van der Waals surface area contributed by atoms with E-state index in [2.05, 4.69) is 30.4 Å². The molecule has 1 fully saturated rings. The molecule has 0 spiro atoms. The van der Waals surface area contributed by atoms with Crippen LogP contribution in [0.3, 0.4) is 0 Å². The Labute approximate surface area is 129 Å². The minimum absolute atomic E-state index is 0.445. The summed E-state index contributed by atoms with van der Waals surface area (Å²) in [6.45, 7) is 4.31. The first-order chi connectivity index (χ1) is 10.3. The molecule has 2 heteroatoms. The highest BCUT2D eigenvalue weighted by Crippen LogP contribution is 2.25. The van der Waals surface area contributed by atoms with E-state index in [1.165, 1.54) is 50.5 Å². The molecule has 1 aromatic rings. The Bertz CT molecular complexity index is 451. The summed E-state index contributed by atoms with van der Waals surface area (Å²) in [6, 6.07) is 7.55. The second-order valence-electron chi connectivity index (χ2n) is 6.69. The largest absolute Gasteiger partial charge is 0.378 e. The minimum atomic E-state index is 0.445. The van der Waals surface area contributed by atoms with Crippen molar-refractivity contribution < 1.29 is 4.74 Å². The number of aryl methyl sites for hydroxylation is 2. The summed E-state index contributed by atoms with van der Waals surface area (Å²) in [6.07, 6.45) is 10.7. The van der Waals surface area contributed by atoms with Gasteiger partial charge in [0.2, 0.25) is 0 Å². The van der Waals surface area contributed by atoms with E-state index in [0.717, 1.165) is 19.6 Å². The fourth-order valence-corrected chi connectivity index (χ4v) is 3.64. The van der Waals surface area contributed by atoms with Gasteiger partial charge in [-0.05, 0) is 81.5 Å². The number of ether oxygens (including phenoxy) is 1. The minimum Gasteiger partial charge on any atom is -0.378 e. The van der Waals surface area contributed by atoms with Gasteiger partial charge in [0.1, 0.15) is 0 Å². The van der Waals surface area contributed by atoms with Gasteiger partial charge in [-0.15, -0.1) is 0 Å². The fraction of sp³-hybridized carbons (Fsp3) is 0.684. The number of nitrogens with one attached hydrogen (secondary N) is 1. The van der Waals surface area contributed by atoms with Crippen LogP contribution in [-0.4, -0.2) is 19.3 Å². The number of fused-ring (bicyclic) bond motifs is 1. The monoisotopic (exact) mass is 287 g/mol. The molecule has 1 saturated heterocycles. The van der Waals surface area contributed by atoms with Gasteiger partial charge in [-0.3, -0.25) is 0 Å². The van der Waals surface area contributed by atoms with Crippen LogP contribution in [-0.2, 0) is 17.6 Å². The highest BCUT2D eigenvalue weighted by molar-refractivity contribution is 5.35. The van der Waals surface area contributed by atoms with E-state index >= 15 is 0 Å². The van der Waals surface area contributed by atoms with Crippen molar-refractivity contribution in [2.24, 2.45) is 0 Å². The summed E-state index contributed by atoms with van der Waals surface area (Å²) < 4.78 is 5.80. The van der Waals surface area contributed by atoms with Crippen molar-refractivity contribution in [2.75, 3.05) is 13.2 Å². The standard InChI is InChI=1S/C19H29NO/c1-15(20-12-11-19-8-4-5-13-21-19)17-10-9-16-6-2-3-7-18(16)14-17/h9-10,14-15,19-20H,2-8,11-13H2,1H3. The average Bonchev–Trinajstić information content (AvgIpc) is 2.55. The van der Waals surface area contributed by atoms with Crippen LogP contribution >= 0.6 is 0 Å². The van der Waals surface area contributed by atoms with Crippen molar-refractivity contribution in [1.29, 1.82) is 0 Å². The zero-order valence-electron chi connectivity index (χ0n) is 13.4. The van der Waals surface area contributed by atoms with Crippen molar-refractivity contribution in [3.05, 3.63) is 34.9 Å². The Morgan fingerprint density at radius 3 is 2.81 bits per heavy atom. The first-order valence-corrected chi connectivity index (χ1v) is 8.79. The molecule has 1 heterocycles. The van der Waals surface area contributed by atoms with E-state index < -0.39 is 0 Å². The summed E-state index contributed by atoms with van der Waals surface area (Å²) in [5.74, 6) is 0. The zero-order valence-corrected chi connectivity index (χ0v) is 13.4. The smallest absolute Gasteiger partial charge is 0.0587 e. The Morgan fingerprint density at radius 2 is 2.00 bits per heavy atom. The molecule has 3 rings (SSSR count). The Morgan fingerprint density at radius 1 is 1.14 bits per heavy atom.